The van der Waals surface area contributed by atoms with Gasteiger partial charge < -0.3 is 31.1 Å². The van der Waals surface area contributed by atoms with E-state index in [-0.39, 0.29) is 60.7 Å². The molecule has 0 aromatic heterocycles. The Balaban J connectivity index is 1.61. The van der Waals surface area contributed by atoms with Gasteiger partial charge in [0.2, 0.25) is 11.8 Å². The Bertz CT molecular complexity index is 2170. The molecule has 0 spiro atoms. The summed E-state index contributed by atoms with van der Waals surface area (Å²) in [6, 6.07) is 29.2. The molecule has 6 N–H and O–H groups in total. The lowest BCUT2D eigenvalue weighted by atomic mass is 9.86. The molecular weight excluding hydrogens is 811 g/mol. The van der Waals surface area contributed by atoms with Gasteiger partial charge in [0.25, 0.3) is 11.8 Å². The summed E-state index contributed by atoms with van der Waals surface area (Å²) < 4.78 is 40.8. The van der Waals surface area contributed by atoms with Crippen LogP contribution in [0.3, 0.4) is 0 Å². The molecule has 0 saturated heterocycles. The van der Waals surface area contributed by atoms with Crippen LogP contribution in [0.25, 0.3) is 0 Å². The lowest BCUT2D eigenvalue weighted by Crippen LogP contribution is -2.53. The van der Waals surface area contributed by atoms with Crippen molar-refractivity contribution in [2.75, 3.05) is 18.0 Å². The molecule has 0 aliphatic rings. The highest BCUT2D eigenvalue weighted by Gasteiger charge is 2.35. The Morgan fingerprint density at radius 3 is 1.79 bits per heavy atom. The van der Waals surface area contributed by atoms with E-state index in [1.54, 1.807) is 6.92 Å². The molecule has 0 saturated carbocycles. The number of nitrogens with one attached hydrogen (secondary N) is 4. The Kier molecular flexibility index (Phi) is 18.6. The number of rotatable bonds is 23. The number of hydrogen-bond donors (Lipinski definition) is 6. The lowest BCUT2D eigenvalue weighted by molar-refractivity contribution is -0.134. The molecule has 0 radical (unpaired) electrons. The van der Waals surface area contributed by atoms with E-state index in [1.807, 2.05) is 119 Å². The number of ether oxygens (including phenoxy) is 1. The topological polar surface area (TPSA) is 203 Å². The molecule has 0 bridgehead atoms. The van der Waals surface area contributed by atoms with Crippen molar-refractivity contribution in [2.45, 2.75) is 91.3 Å². The first-order valence-electron chi connectivity index (χ1n) is 21.0. The first kappa shape index (κ1) is 49.0. The standard InChI is InChI=1S/C47H61N5O9S/c1-7-35(8-2)43(47(57)48-28-33-18-12-9-13-19-33)51-46(56)40(31(3)4)27-42(53)41(30-61-29-34-20-14-10-15-21-34)50-45(55)38-24-37(25-39(26-38)52(6)62(58,59)60)44(54)49-32(5)36-22-16-11-17-23-36/h9-26,31-32,35,40-43,53H,7-8,27-30H2,1-6H3,(H,48,57)(H,49,54)(H,50,55)(H,51,56)(H,58,59,60)/t32-,40+,41+,42+,43+/m1/s1. The van der Waals surface area contributed by atoms with E-state index in [0.717, 1.165) is 23.7 Å². The number of hydrogen-bond acceptors (Lipinski definition) is 8. The normalized spacial score (nSPS) is 14.0. The number of aliphatic hydroxyl groups excluding tert-OH is 1. The predicted octanol–water partition coefficient (Wildman–Crippen LogP) is 5.99. The highest BCUT2D eigenvalue weighted by molar-refractivity contribution is 7.87. The van der Waals surface area contributed by atoms with Gasteiger partial charge in [0, 0.05) is 30.6 Å². The second-order valence-corrected chi connectivity index (χ2v) is 17.3. The molecule has 0 aliphatic heterocycles. The highest BCUT2D eigenvalue weighted by atomic mass is 32.2. The highest BCUT2D eigenvalue weighted by Crippen LogP contribution is 2.25. The minimum Gasteiger partial charge on any atom is -0.391 e. The van der Waals surface area contributed by atoms with Gasteiger partial charge in [0.05, 0.1) is 37.1 Å². The van der Waals surface area contributed by atoms with Crippen LogP contribution >= 0.6 is 0 Å². The molecule has 334 valence electrons. The van der Waals surface area contributed by atoms with E-state index >= 15 is 0 Å². The molecule has 4 aromatic carbocycles. The van der Waals surface area contributed by atoms with Crippen LogP contribution < -0.4 is 25.6 Å². The van der Waals surface area contributed by atoms with Gasteiger partial charge in [0.15, 0.2) is 0 Å². The Hall–Kier alpha value is -5.61. The van der Waals surface area contributed by atoms with Crippen molar-refractivity contribution in [3.8, 4) is 0 Å². The molecule has 15 heteroatoms. The van der Waals surface area contributed by atoms with Crippen LogP contribution in [0.1, 0.15) is 97.3 Å². The van der Waals surface area contributed by atoms with Gasteiger partial charge in [-0.25, -0.2) is 0 Å². The molecule has 0 aliphatic carbocycles. The summed E-state index contributed by atoms with van der Waals surface area (Å²) in [6.45, 7) is 9.59. The average molecular weight is 872 g/mol. The van der Waals surface area contributed by atoms with E-state index in [1.165, 1.54) is 18.2 Å². The zero-order valence-electron chi connectivity index (χ0n) is 36.3. The van der Waals surface area contributed by atoms with Crippen molar-refractivity contribution in [3.05, 3.63) is 137 Å². The largest absolute Gasteiger partial charge is 0.391 e. The summed E-state index contributed by atoms with van der Waals surface area (Å²) in [6.07, 6.45) is -0.206. The summed E-state index contributed by atoms with van der Waals surface area (Å²) in [5.41, 5.74) is 2.17. The van der Waals surface area contributed by atoms with Crippen molar-refractivity contribution < 1.29 is 42.0 Å². The molecule has 5 atom stereocenters. The molecule has 4 rings (SSSR count). The summed E-state index contributed by atoms with van der Waals surface area (Å²) in [5, 5.41) is 23.5. The minimum absolute atomic E-state index is 0.0697. The molecule has 0 heterocycles. The van der Waals surface area contributed by atoms with Crippen LogP contribution in [0.15, 0.2) is 109 Å². The number of carbonyl (C=O) groups is 4. The van der Waals surface area contributed by atoms with Gasteiger partial charge in [-0.1, -0.05) is 132 Å². The van der Waals surface area contributed by atoms with Crippen LogP contribution in [0.5, 0.6) is 0 Å². The van der Waals surface area contributed by atoms with E-state index < -0.39 is 58.2 Å². The first-order chi connectivity index (χ1) is 29.5. The van der Waals surface area contributed by atoms with Crippen molar-refractivity contribution >= 4 is 39.6 Å². The van der Waals surface area contributed by atoms with Gasteiger partial charge in [-0.3, -0.25) is 28.0 Å². The van der Waals surface area contributed by atoms with E-state index in [9.17, 15) is 37.3 Å². The number of carbonyl (C=O) groups excluding carboxylic acids is 4. The van der Waals surface area contributed by atoms with Crippen LogP contribution in [0.2, 0.25) is 0 Å². The Labute approximate surface area is 365 Å². The maximum absolute atomic E-state index is 14.2. The van der Waals surface area contributed by atoms with Crippen LogP contribution in [-0.4, -0.2) is 73.5 Å². The van der Waals surface area contributed by atoms with Crippen LogP contribution in [0.4, 0.5) is 5.69 Å². The smallest absolute Gasteiger partial charge is 0.359 e. The van der Waals surface area contributed by atoms with E-state index in [0.29, 0.717) is 17.1 Å². The summed E-state index contributed by atoms with van der Waals surface area (Å²) in [7, 11) is -3.73. The van der Waals surface area contributed by atoms with Crippen LogP contribution in [0, 0.1) is 17.8 Å². The molecular formula is C47H61N5O9S. The number of anilines is 1. The Morgan fingerprint density at radius 2 is 1.26 bits per heavy atom. The van der Waals surface area contributed by atoms with Crippen molar-refractivity contribution in [2.24, 2.45) is 17.8 Å². The fraction of sp³-hybridized carbons (Fsp3) is 0.404. The summed E-state index contributed by atoms with van der Waals surface area (Å²) in [5.74, 6) is -3.41. The number of amides is 4. The number of benzene rings is 4. The Morgan fingerprint density at radius 1 is 0.726 bits per heavy atom. The third-order valence-corrected chi connectivity index (χ3v) is 11.9. The van der Waals surface area contributed by atoms with Crippen molar-refractivity contribution in [1.82, 2.24) is 21.3 Å². The summed E-state index contributed by atoms with van der Waals surface area (Å²) >= 11 is 0. The third kappa shape index (κ3) is 14.5. The third-order valence-electron chi connectivity index (χ3n) is 11.0. The van der Waals surface area contributed by atoms with Gasteiger partial charge in [0.1, 0.15) is 6.04 Å². The maximum Gasteiger partial charge on any atom is 0.359 e. The molecule has 4 amide bonds. The fourth-order valence-corrected chi connectivity index (χ4v) is 7.46. The number of aliphatic hydroxyl groups is 1. The SMILES string of the molecule is CCC(CC)[C@H](NC(=O)[C@@H](C[C@H](O)[C@H](COCc1ccccc1)NC(=O)c1cc(C(=O)N[C@H](C)c2ccccc2)cc(N(C)S(=O)(=O)O)c1)C(C)C)C(=O)NCc1ccccc1. The van der Waals surface area contributed by atoms with E-state index in [4.69, 9.17) is 4.74 Å². The minimum atomic E-state index is -4.80. The predicted molar refractivity (Wildman–Crippen MR) is 239 cm³/mol. The average Bonchev–Trinajstić information content (AvgIpc) is 3.26. The van der Waals surface area contributed by atoms with Gasteiger partial charge in [-0.15, -0.1) is 0 Å². The van der Waals surface area contributed by atoms with E-state index in [2.05, 4.69) is 21.3 Å². The second kappa shape index (κ2) is 23.6. The maximum atomic E-state index is 14.2. The van der Waals surface area contributed by atoms with Crippen molar-refractivity contribution in [1.29, 1.82) is 0 Å². The van der Waals surface area contributed by atoms with Gasteiger partial charge in [-0.2, -0.15) is 8.42 Å². The van der Waals surface area contributed by atoms with Crippen molar-refractivity contribution in [3.63, 3.8) is 0 Å². The second-order valence-electron chi connectivity index (χ2n) is 15.8. The molecule has 0 unspecified atom stereocenters. The number of nitrogens with zero attached hydrogens (tertiary/aromatic N) is 1. The molecule has 4 aromatic rings. The lowest BCUT2D eigenvalue weighted by Gasteiger charge is -2.31. The fourth-order valence-electron chi connectivity index (χ4n) is 7.09. The first-order valence-corrected chi connectivity index (χ1v) is 22.4. The van der Waals surface area contributed by atoms with Crippen LogP contribution in [-0.2, 0) is 37.8 Å². The summed E-state index contributed by atoms with van der Waals surface area (Å²) in [4.78, 5) is 55.5. The quantitative estimate of drug-likeness (QED) is 0.0484. The zero-order valence-corrected chi connectivity index (χ0v) is 37.1. The van der Waals surface area contributed by atoms with Gasteiger partial charge in [-0.05, 0) is 60.1 Å². The zero-order chi connectivity index (χ0) is 45.4. The van der Waals surface area contributed by atoms with Gasteiger partial charge >= 0.3 is 10.3 Å². The molecule has 0 fully saturated rings. The molecule has 62 heavy (non-hydrogen) atoms. The monoisotopic (exact) mass is 871 g/mol. The molecule has 14 nitrogen and oxygen atoms in total.